The minimum atomic E-state index is -5.15. The summed E-state index contributed by atoms with van der Waals surface area (Å²) in [5, 5.41) is 59.8. The number of unbranched alkanes of at least 4 members (excludes halogenated alkanes) is 6. The van der Waals surface area contributed by atoms with Gasteiger partial charge in [-0.25, -0.2) is 4.57 Å². The summed E-state index contributed by atoms with van der Waals surface area (Å²) in [6.07, 6.45) is 29.9. The Morgan fingerprint density at radius 3 is 1.61 bits per heavy atom. The quantitative estimate of drug-likeness (QED) is 0.0142. The maximum Gasteiger partial charge on any atom is 0.472 e. The second kappa shape index (κ2) is 36.3. The number of carbonyl (C=O) groups excluding carboxylic acids is 2. The van der Waals surface area contributed by atoms with Gasteiger partial charge in [0.05, 0.1) is 12.7 Å². The maximum absolute atomic E-state index is 12.8. The third-order valence-corrected chi connectivity index (χ3v) is 10.8. The molecular weight excluding hydrogens is 819 g/mol. The van der Waals surface area contributed by atoms with Gasteiger partial charge in [0, 0.05) is 12.8 Å². The fourth-order valence-corrected chi connectivity index (χ4v) is 7.16. The van der Waals surface area contributed by atoms with Crippen LogP contribution < -0.4 is 0 Å². The Labute approximate surface area is 370 Å². The molecule has 0 aromatic carbocycles. The number of phosphoric ester groups is 1. The Bertz CT molecular complexity index is 1420. The van der Waals surface area contributed by atoms with Gasteiger partial charge in [-0.2, -0.15) is 0 Å². The summed E-state index contributed by atoms with van der Waals surface area (Å²) in [5.41, 5.74) is 0. The minimum Gasteiger partial charge on any atom is -0.462 e. The number of aliphatic hydroxyl groups is 6. The summed E-state index contributed by atoms with van der Waals surface area (Å²) in [6.45, 7) is 2.90. The van der Waals surface area contributed by atoms with Crippen molar-refractivity contribution in [2.45, 2.75) is 185 Å². The molecule has 1 aliphatic rings. The smallest absolute Gasteiger partial charge is 0.462 e. The summed E-state index contributed by atoms with van der Waals surface area (Å²) in [6, 6.07) is 0. The highest BCUT2D eigenvalue weighted by Crippen LogP contribution is 2.47. The molecule has 0 bridgehead atoms. The summed E-state index contributed by atoms with van der Waals surface area (Å²) < 4.78 is 33.4. The number of hydrogen-bond acceptors (Lipinski definition) is 13. The van der Waals surface area contributed by atoms with Crippen LogP contribution in [0.3, 0.4) is 0 Å². The molecule has 15 heteroatoms. The lowest BCUT2D eigenvalue weighted by molar-refractivity contribution is -0.220. The van der Waals surface area contributed by atoms with Crippen molar-refractivity contribution in [3.63, 3.8) is 0 Å². The fourth-order valence-electron chi connectivity index (χ4n) is 6.19. The van der Waals surface area contributed by atoms with Gasteiger partial charge in [-0.15, -0.1) is 0 Å². The normalized spacial score (nSPS) is 23.2. The number of allylic oxidation sites excluding steroid dienone is 13. The van der Waals surface area contributed by atoms with Crippen molar-refractivity contribution in [3.8, 4) is 0 Å². The van der Waals surface area contributed by atoms with Crippen molar-refractivity contribution in [2.24, 2.45) is 0 Å². The highest BCUT2D eigenvalue weighted by atomic mass is 31.2. The Kier molecular flexibility index (Phi) is 33.4. The van der Waals surface area contributed by atoms with Crippen molar-refractivity contribution in [1.82, 2.24) is 0 Å². The SMILES string of the molecule is CC/C=C\C/C=C\C/C=C\CCCCCCCC(=O)O[C@H](COC(=O)CCC/C=C\C/C=C\C/C=C\C/C=C\CC(O)CCC)COP(=O)(O)OC1[C@H](O)[C@H](O)C(O)[C@H](O)[C@H]1O. The fraction of sp³-hybridized carbons (Fsp3) is 0.660. The van der Waals surface area contributed by atoms with E-state index in [0.717, 1.165) is 83.5 Å². The molecule has 1 aliphatic carbocycles. The van der Waals surface area contributed by atoms with Crippen molar-refractivity contribution in [1.29, 1.82) is 0 Å². The molecule has 0 aromatic rings. The minimum absolute atomic E-state index is 0.0531. The van der Waals surface area contributed by atoms with Crippen LogP contribution in [0.1, 0.15) is 136 Å². The molecule has 0 radical (unpaired) electrons. The van der Waals surface area contributed by atoms with Gasteiger partial charge in [-0.1, -0.05) is 125 Å². The van der Waals surface area contributed by atoms with Gasteiger partial charge in [0.15, 0.2) is 6.10 Å². The number of ether oxygens (including phenoxy) is 2. The predicted octanol–water partition coefficient (Wildman–Crippen LogP) is 7.47. The van der Waals surface area contributed by atoms with Crippen LogP contribution in [0.5, 0.6) is 0 Å². The lowest BCUT2D eigenvalue weighted by Gasteiger charge is -2.41. The van der Waals surface area contributed by atoms with Crippen molar-refractivity contribution < 1.29 is 68.2 Å². The van der Waals surface area contributed by atoms with E-state index >= 15 is 0 Å². The van der Waals surface area contributed by atoms with Crippen LogP contribution >= 0.6 is 7.82 Å². The van der Waals surface area contributed by atoms with Crippen LogP contribution in [0.15, 0.2) is 85.1 Å². The van der Waals surface area contributed by atoms with Gasteiger partial charge in [-0.3, -0.25) is 18.6 Å². The highest BCUT2D eigenvalue weighted by Gasteiger charge is 2.51. The van der Waals surface area contributed by atoms with E-state index in [1.807, 2.05) is 18.2 Å². The van der Waals surface area contributed by atoms with Crippen molar-refractivity contribution in [3.05, 3.63) is 85.1 Å². The standard InChI is InChI=1S/C47H77O14P/c1-3-5-6-7-8-9-10-11-12-15-19-22-25-28-31-35-41(50)60-39(37-59-62(56,57)61-47-45(54)43(52)42(51)44(53)46(47)55)36-58-40(49)34-30-27-24-21-18-16-13-14-17-20-23-26-29-33-38(48)32-4-2/h5-6,8-9,11-13,16-17,20-21,24,26,29,38-39,42-48,51-55H,3-4,7,10,14-15,18-19,22-23,25,27-28,30-37H2,1-2H3,(H,56,57)/b6-5-,9-8-,12-11-,16-13-,20-17-,24-21-,29-26-/t38?,39-,42?,43-,44+,45-,46-,47?/m1/s1. The molecule has 1 rings (SSSR count). The average Bonchev–Trinajstić information content (AvgIpc) is 3.24. The van der Waals surface area contributed by atoms with Crippen LogP contribution in [-0.2, 0) is 32.7 Å². The Hall–Kier alpha value is -3.01. The summed E-state index contributed by atoms with van der Waals surface area (Å²) in [4.78, 5) is 35.6. The molecule has 9 atom stereocenters. The van der Waals surface area contributed by atoms with Gasteiger partial charge < -0.3 is 45.0 Å². The van der Waals surface area contributed by atoms with E-state index in [2.05, 4.69) is 80.7 Å². The number of phosphoric acid groups is 1. The summed E-state index contributed by atoms with van der Waals surface area (Å²) in [7, 11) is -5.15. The molecule has 1 saturated carbocycles. The zero-order valence-corrected chi connectivity index (χ0v) is 37.9. The molecule has 0 aliphatic heterocycles. The Morgan fingerprint density at radius 2 is 1.05 bits per heavy atom. The van der Waals surface area contributed by atoms with E-state index in [1.165, 1.54) is 0 Å². The second-order valence-electron chi connectivity index (χ2n) is 15.3. The molecular formula is C47H77O14P. The highest BCUT2D eigenvalue weighted by molar-refractivity contribution is 7.47. The van der Waals surface area contributed by atoms with Gasteiger partial charge >= 0.3 is 19.8 Å². The lowest BCUT2D eigenvalue weighted by atomic mass is 9.85. The molecule has 7 N–H and O–H groups in total. The molecule has 0 amide bonds. The second-order valence-corrected chi connectivity index (χ2v) is 16.8. The molecule has 62 heavy (non-hydrogen) atoms. The Balaban J connectivity index is 2.54. The number of carbonyl (C=O) groups is 2. The molecule has 354 valence electrons. The predicted molar refractivity (Wildman–Crippen MR) is 241 cm³/mol. The molecule has 0 aromatic heterocycles. The maximum atomic E-state index is 12.8. The van der Waals surface area contributed by atoms with E-state index in [-0.39, 0.29) is 18.9 Å². The first kappa shape index (κ1) is 57.0. The molecule has 0 saturated heterocycles. The first-order valence-electron chi connectivity index (χ1n) is 22.5. The topological polar surface area (TPSA) is 230 Å². The first-order valence-corrected chi connectivity index (χ1v) is 24.0. The summed E-state index contributed by atoms with van der Waals surface area (Å²) >= 11 is 0. The summed E-state index contributed by atoms with van der Waals surface area (Å²) in [5.74, 6) is -1.22. The zero-order valence-electron chi connectivity index (χ0n) is 37.0. The van der Waals surface area contributed by atoms with Gasteiger partial charge in [-0.05, 0) is 83.5 Å². The third-order valence-electron chi connectivity index (χ3n) is 9.78. The first-order chi connectivity index (χ1) is 29.8. The Morgan fingerprint density at radius 1 is 0.581 bits per heavy atom. The van der Waals surface area contributed by atoms with E-state index in [4.69, 9.17) is 18.5 Å². The molecule has 14 nitrogen and oxygen atoms in total. The monoisotopic (exact) mass is 897 g/mol. The molecule has 4 unspecified atom stereocenters. The largest absolute Gasteiger partial charge is 0.472 e. The van der Waals surface area contributed by atoms with Crippen molar-refractivity contribution in [2.75, 3.05) is 13.2 Å². The van der Waals surface area contributed by atoms with Crippen molar-refractivity contribution >= 4 is 19.8 Å². The van der Waals surface area contributed by atoms with E-state index in [1.54, 1.807) is 0 Å². The molecule has 0 heterocycles. The number of hydrogen-bond donors (Lipinski definition) is 7. The van der Waals surface area contributed by atoms with Gasteiger partial charge in [0.2, 0.25) is 0 Å². The van der Waals surface area contributed by atoms with E-state index in [0.29, 0.717) is 25.7 Å². The van der Waals surface area contributed by atoms with Crippen LogP contribution in [0.2, 0.25) is 0 Å². The molecule has 0 spiro atoms. The number of rotatable bonds is 35. The van der Waals surface area contributed by atoms with Crippen LogP contribution in [0.25, 0.3) is 0 Å². The van der Waals surface area contributed by atoms with Crippen LogP contribution in [-0.4, -0.2) is 110 Å². The van der Waals surface area contributed by atoms with Gasteiger partial charge in [0.1, 0.15) is 43.2 Å². The van der Waals surface area contributed by atoms with Gasteiger partial charge in [0.25, 0.3) is 0 Å². The third kappa shape index (κ3) is 28.6. The average molecular weight is 897 g/mol. The van der Waals surface area contributed by atoms with E-state index in [9.17, 15) is 49.7 Å². The molecule has 1 fully saturated rings. The number of aliphatic hydroxyl groups excluding tert-OH is 6. The zero-order chi connectivity index (χ0) is 45.9. The lowest BCUT2D eigenvalue weighted by Crippen LogP contribution is -2.64. The number of esters is 2. The van der Waals surface area contributed by atoms with Crippen LogP contribution in [0.4, 0.5) is 0 Å². The van der Waals surface area contributed by atoms with Crippen LogP contribution in [0, 0.1) is 0 Å². The van der Waals surface area contributed by atoms with E-state index < -0.39 is 75.7 Å².